The van der Waals surface area contributed by atoms with E-state index < -0.39 is 5.97 Å². The highest BCUT2D eigenvalue weighted by Crippen LogP contribution is 2.17. The lowest BCUT2D eigenvalue weighted by atomic mass is 10.2. The van der Waals surface area contributed by atoms with E-state index in [9.17, 15) is 4.79 Å². The molecule has 0 unspecified atom stereocenters. The fraction of sp³-hybridized carbons (Fsp3) is 0.231. The molecule has 0 aliphatic rings. The number of hydrazone groups is 1. The monoisotopic (exact) mass is 273 g/mol. The summed E-state index contributed by atoms with van der Waals surface area (Å²) in [6.07, 6.45) is 4.94. The van der Waals surface area contributed by atoms with Crippen molar-refractivity contribution >= 4 is 18.0 Å². The summed E-state index contributed by atoms with van der Waals surface area (Å²) in [7, 11) is 0. The van der Waals surface area contributed by atoms with Crippen molar-refractivity contribution in [3.63, 3.8) is 0 Å². The number of rotatable bonds is 5. The van der Waals surface area contributed by atoms with E-state index in [1.54, 1.807) is 32.5 Å². The number of carbonyl (C=O) groups is 1. The summed E-state index contributed by atoms with van der Waals surface area (Å²) in [6.45, 7) is 3.80. The Morgan fingerprint density at radius 3 is 3.15 bits per heavy atom. The highest BCUT2D eigenvalue weighted by Gasteiger charge is 2.18. The molecule has 0 atom stereocenters. The van der Waals surface area contributed by atoms with Crippen molar-refractivity contribution in [3.05, 3.63) is 41.3 Å². The van der Waals surface area contributed by atoms with Crippen molar-refractivity contribution in [2.75, 3.05) is 12.0 Å². The van der Waals surface area contributed by atoms with E-state index in [0.717, 1.165) is 5.56 Å². The third kappa shape index (κ3) is 3.19. The zero-order valence-corrected chi connectivity index (χ0v) is 11.3. The van der Waals surface area contributed by atoms with E-state index in [2.05, 4.69) is 25.7 Å². The van der Waals surface area contributed by atoms with Crippen LogP contribution in [0, 0.1) is 6.92 Å². The molecule has 2 aromatic heterocycles. The Labute approximate surface area is 116 Å². The fourth-order valence-electron chi connectivity index (χ4n) is 1.58. The van der Waals surface area contributed by atoms with Crippen LogP contribution in [-0.2, 0) is 4.74 Å². The van der Waals surface area contributed by atoms with Crippen molar-refractivity contribution in [3.8, 4) is 0 Å². The molecule has 7 nitrogen and oxygen atoms in total. The predicted octanol–water partition coefficient (Wildman–Crippen LogP) is 1.74. The van der Waals surface area contributed by atoms with Gasteiger partial charge in [-0.25, -0.2) is 4.79 Å². The first-order valence-corrected chi connectivity index (χ1v) is 6.13. The molecule has 0 aliphatic carbocycles. The lowest BCUT2D eigenvalue weighted by Gasteiger charge is -2.02. The number of nitrogens with one attached hydrogen (secondary N) is 2. The molecule has 2 heterocycles. The van der Waals surface area contributed by atoms with Gasteiger partial charge < -0.3 is 4.74 Å². The first-order valence-electron chi connectivity index (χ1n) is 6.13. The van der Waals surface area contributed by atoms with Crippen molar-refractivity contribution in [1.29, 1.82) is 0 Å². The van der Waals surface area contributed by atoms with Crippen LogP contribution in [-0.4, -0.2) is 34.0 Å². The van der Waals surface area contributed by atoms with Gasteiger partial charge in [0, 0.05) is 23.7 Å². The number of ether oxygens (including phenoxy) is 1. The summed E-state index contributed by atoms with van der Waals surface area (Å²) < 4.78 is 4.97. The van der Waals surface area contributed by atoms with Crippen LogP contribution in [0.4, 0.5) is 5.82 Å². The van der Waals surface area contributed by atoms with Gasteiger partial charge in [-0.3, -0.25) is 15.5 Å². The number of H-pyrrole nitrogens is 1. The van der Waals surface area contributed by atoms with Gasteiger partial charge in [0.15, 0.2) is 5.82 Å². The van der Waals surface area contributed by atoms with Crippen LogP contribution >= 0.6 is 0 Å². The second-order valence-corrected chi connectivity index (χ2v) is 3.95. The van der Waals surface area contributed by atoms with Crippen LogP contribution < -0.4 is 5.43 Å². The number of aromatic nitrogens is 3. The molecule has 0 aromatic carbocycles. The van der Waals surface area contributed by atoms with E-state index in [-0.39, 0.29) is 0 Å². The van der Waals surface area contributed by atoms with Gasteiger partial charge in [0.2, 0.25) is 0 Å². The van der Waals surface area contributed by atoms with Crippen LogP contribution in [0.25, 0.3) is 0 Å². The summed E-state index contributed by atoms with van der Waals surface area (Å²) >= 11 is 0. The van der Waals surface area contributed by atoms with Gasteiger partial charge in [-0.05, 0) is 19.9 Å². The molecule has 0 radical (unpaired) electrons. The first kappa shape index (κ1) is 13.7. The quantitative estimate of drug-likeness (QED) is 0.491. The average Bonchev–Trinajstić information content (AvgIpc) is 2.81. The number of aromatic amines is 1. The average molecular weight is 273 g/mol. The van der Waals surface area contributed by atoms with E-state index in [4.69, 9.17) is 4.74 Å². The molecule has 7 heteroatoms. The molecule has 20 heavy (non-hydrogen) atoms. The number of esters is 1. The molecule has 2 rings (SSSR count). The van der Waals surface area contributed by atoms with Crippen LogP contribution in [0.5, 0.6) is 0 Å². The minimum atomic E-state index is -0.433. The number of pyridine rings is 1. The number of carbonyl (C=O) groups excluding carboxylic acids is 1. The van der Waals surface area contributed by atoms with E-state index in [0.29, 0.717) is 23.7 Å². The minimum Gasteiger partial charge on any atom is -0.462 e. The second-order valence-electron chi connectivity index (χ2n) is 3.95. The van der Waals surface area contributed by atoms with Gasteiger partial charge >= 0.3 is 5.97 Å². The van der Waals surface area contributed by atoms with E-state index in [1.165, 1.54) is 0 Å². The predicted molar refractivity (Wildman–Crippen MR) is 74.7 cm³/mol. The SMILES string of the molecule is CCOC(=O)c1c(N/N=C\c2cccnc2)n[nH]c1C. The van der Waals surface area contributed by atoms with Crippen LogP contribution in [0.15, 0.2) is 29.6 Å². The highest BCUT2D eigenvalue weighted by atomic mass is 16.5. The fourth-order valence-corrected chi connectivity index (χ4v) is 1.58. The van der Waals surface area contributed by atoms with Crippen LogP contribution in [0.2, 0.25) is 0 Å². The standard InChI is InChI=1S/C13H15N5O2/c1-3-20-13(19)11-9(2)16-18-12(11)17-15-8-10-5-4-6-14-7-10/h4-8H,3H2,1-2H3,(H2,16,17,18)/b15-8-. The molecular formula is C13H15N5O2. The Bertz CT molecular complexity index is 606. The molecule has 0 aliphatic heterocycles. The largest absolute Gasteiger partial charge is 0.462 e. The Hall–Kier alpha value is -2.70. The molecule has 104 valence electrons. The summed E-state index contributed by atoms with van der Waals surface area (Å²) in [5.41, 5.74) is 4.54. The number of anilines is 1. The highest BCUT2D eigenvalue weighted by molar-refractivity contribution is 5.96. The zero-order chi connectivity index (χ0) is 14.4. The molecular weight excluding hydrogens is 258 g/mol. The third-order valence-electron chi connectivity index (χ3n) is 2.50. The smallest absolute Gasteiger partial charge is 0.343 e. The van der Waals surface area contributed by atoms with Crippen molar-refractivity contribution < 1.29 is 9.53 Å². The molecule has 0 spiro atoms. The molecule has 0 saturated carbocycles. The Balaban J connectivity index is 2.10. The lowest BCUT2D eigenvalue weighted by molar-refractivity contribution is 0.0526. The maximum Gasteiger partial charge on any atom is 0.343 e. The molecule has 0 saturated heterocycles. The van der Waals surface area contributed by atoms with Gasteiger partial charge in [-0.1, -0.05) is 6.07 Å². The lowest BCUT2D eigenvalue weighted by Crippen LogP contribution is -2.08. The number of nitrogens with zero attached hydrogens (tertiary/aromatic N) is 3. The van der Waals surface area contributed by atoms with E-state index in [1.807, 2.05) is 12.1 Å². The minimum absolute atomic E-state index is 0.307. The zero-order valence-electron chi connectivity index (χ0n) is 11.3. The summed E-state index contributed by atoms with van der Waals surface area (Å²) in [5.74, 6) is -0.0982. The van der Waals surface area contributed by atoms with Crippen LogP contribution in [0.3, 0.4) is 0 Å². The summed E-state index contributed by atoms with van der Waals surface area (Å²) in [4.78, 5) is 15.8. The topological polar surface area (TPSA) is 92.3 Å². The van der Waals surface area contributed by atoms with Gasteiger partial charge in [-0.15, -0.1) is 0 Å². The Morgan fingerprint density at radius 2 is 2.45 bits per heavy atom. The first-order chi connectivity index (χ1) is 9.72. The number of aryl methyl sites for hydroxylation is 1. The Kier molecular flexibility index (Phi) is 4.43. The Morgan fingerprint density at radius 1 is 1.60 bits per heavy atom. The van der Waals surface area contributed by atoms with Gasteiger partial charge in [-0.2, -0.15) is 10.2 Å². The molecule has 0 fully saturated rings. The number of hydrogen-bond acceptors (Lipinski definition) is 6. The summed E-state index contributed by atoms with van der Waals surface area (Å²) in [5, 5.41) is 10.7. The van der Waals surface area contributed by atoms with Crippen molar-refractivity contribution in [1.82, 2.24) is 15.2 Å². The van der Waals surface area contributed by atoms with Crippen molar-refractivity contribution in [2.24, 2.45) is 5.10 Å². The van der Waals surface area contributed by atoms with Gasteiger partial charge in [0.05, 0.1) is 12.8 Å². The van der Waals surface area contributed by atoms with Gasteiger partial charge in [0.1, 0.15) is 5.56 Å². The summed E-state index contributed by atoms with van der Waals surface area (Å²) in [6, 6.07) is 3.67. The normalized spacial score (nSPS) is 10.7. The maximum atomic E-state index is 11.8. The molecule has 0 amide bonds. The van der Waals surface area contributed by atoms with Crippen molar-refractivity contribution in [2.45, 2.75) is 13.8 Å². The molecule has 0 bridgehead atoms. The molecule has 2 N–H and O–H groups in total. The van der Waals surface area contributed by atoms with E-state index >= 15 is 0 Å². The maximum absolute atomic E-state index is 11.8. The third-order valence-corrected chi connectivity index (χ3v) is 2.50. The number of hydrogen-bond donors (Lipinski definition) is 2. The second kappa shape index (κ2) is 6.46. The molecule has 2 aromatic rings. The van der Waals surface area contributed by atoms with Crippen LogP contribution in [0.1, 0.15) is 28.5 Å². The van der Waals surface area contributed by atoms with Gasteiger partial charge in [0.25, 0.3) is 0 Å².